The number of amides is 1. The van der Waals surface area contributed by atoms with E-state index in [9.17, 15) is 4.79 Å². The summed E-state index contributed by atoms with van der Waals surface area (Å²) in [6.45, 7) is 2.96. The molecule has 0 radical (unpaired) electrons. The Bertz CT molecular complexity index is 460. The molecular weight excluding hydrogens is 326 g/mol. The Labute approximate surface area is 136 Å². The Balaban J connectivity index is 1.73. The van der Waals surface area contributed by atoms with E-state index in [0.717, 1.165) is 24.2 Å². The van der Waals surface area contributed by atoms with Crippen molar-refractivity contribution in [3.8, 4) is 0 Å². The van der Waals surface area contributed by atoms with Crippen molar-refractivity contribution >= 4 is 21.8 Å². The molecule has 1 aromatic rings. The van der Waals surface area contributed by atoms with Crippen LogP contribution in [0.3, 0.4) is 0 Å². The van der Waals surface area contributed by atoms with Crippen molar-refractivity contribution in [1.82, 2.24) is 5.32 Å². The SMILES string of the molecule is Cc1ccccc1CCC(=O)NCC1CCCCC1CBr. The van der Waals surface area contributed by atoms with Gasteiger partial charge >= 0.3 is 0 Å². The highest BCUT2D eigenvalue weighted by atomic mass is 79.9. The van der Waals surface area contributed by atoms with Gasteiger partial charge in [0.25, 0.3) is 0 Å². The van der Waals surface area contributed by atoms with Crippen LogP contribution < -0.4 is 5.32 Å². The second kappa shape index (κ2) is 8.57. The number of carbonyl (C=O) groups excluding carboxylic acids is 1. The standard InChI is InChI=1S/C18H26BrNO/c1-14-6-2-3-7-15(14)10-11-18(21)20-13-17-9-5-4-8-16(17)12-19/h2-3,6-7,16-17H,4-5,8-13H2,1H3,(H,20,21). The molecule has 116 valence electrons. The molecule has 1 N–H and O–H groups in total. The lowest BCUT2D eigenvalue weighted by atomic mass is 9.80. The minimum absolute atomic E-state index is 0.192. The number of hydrogen-bond acceptors (Lipinski definition) is 1. The summed E-state index contributed by atoms with van der Waals surface area (Å²) in [7, 11) is 0. The van der Waals surface area contributed by atoms with Crippen molar-refractivity contribution in [1.29, 1.82) is 0 Å². The summed E-state index contributed by atoms with van der Waals surface area (Å²) in [6.07, 6.45) is 6.65. The maximum atomic E-state index is 12.0. The molecule has 0 spiro atoms. The normalized spacial score (nSPS) is 22.0. The van der Waals surface area contributed by atoms with Crippen LogP contribution in [0, 0.1) is 18.8 Å². The molecular formula is C18H26BrNO. The predicted octanol–water partition coefficient (Wildman–Crippen LogP) is 4.25. The quantitative estimate of drug-likeness (QED) is 0.762. The van der Waals surface area contributed by atoms with Crippen LogP contribution in [0.4, 0.5) is 0 Å². The van der Waals surface area contributed by atoms with E-state index >= 15 is 0 Å². The summed E-state index contributed by atoms with van der Waals surface area (Å²) in [6, 6.07) is 8.31. The average molecular weight is 352 g/mol. The lowest BCUT2D eigenvalue weighted by molar-refractivity contribution is -0.121. The molecule has 1 aliphatic carbocycles. The highest BCUT2D eigenvalue weighted by Gasteiger charge is 2.24. The number of rotatable bonds is 6. The molecule has 2 unspecified atom stereocenters. The third kappa shape index (κ3) is 5.14. The van der Waals surface area contributed by atoms with Crippen molar-refractivity contribution < 1.29 is 4.79 Å². The lowest BCUT2D eigenvalue weighted by Crippen LogP contribution is -2.34. The second-order valence-electron chi connectivity index (χ2n) is 6.19. The zero-order valence-corrected chi connectivity index (χ0v) is 14.5. The molecule has 1 saturated carbocycles. The molecule has 1 fully saturated rings. The topological polar surface area (TPSA) is 29.1 Å². The van der Waals surface area contributed by atoms with E-state index in [0.29, 0.717) is 12.3 Å². The minimum Gasteiger partial charge on any atom is -0.356 e. The molecule has 0 aromatic heterocycles. The average Bonchev–Trinajstić information content (AvgIpc) is 2.52. The highest BCUT2D eigenvalue weighted by Crippen LogP contribution is 2.30. The third-order valence-corrected chi connectivity index (χ3v) is 5.54. The van der Waals surface area contributed by atoms with Gasteiger partial charge in [-0.2, -0.15) is 0 Å². The maximum Gasteiger partial charge on any atom is 0.220 e. The van der Waals surface area contributed by atoms with Gasteiger partial charge in [0.1, 0.15) is 0 Å². The van der Waals surface area contributed by atoms with Crippen molar-refractivity contribution in [2.75, 3.05) is 11.9 Å². The van der Waals surface area contributed by atoms with Gasteiger partial charge in [-0.3, -0.25) is 4.79 Å². The first-order valence-corrected chi connectivity index (χ1v) is 9.20. The third-order valence-electron chi connectivity index (χ3n) is 4.71. The molecule has 1 aliphatic rings. The zero-order valence-electron chi connectivity index (χ0n) is 12.9. The first-order chi connectivity index (χ1) is 10.2. The van der Waals surface area contributed by atoms with Gasteiger partial charge in [0.2, 0.25) is 5.91 Å². The van der Waals surface area contributed by atoms with E-state index in [1.54, 1.807) is 0 Å². The first-order valence-electron chi connectivity index (χ1n) is 8.08. The minimum atomic E-state index is 0.192. The monoisotopic (exact) mass is 351 g/mol. The number of halogens is 1. The molecule has 1 aromatic carbocycles. The molecule has 0 aliphatic heterocycles. The fourth-order valence-electron chi connectivity index (χ4n) is 3.23. The summed E-state index contributed by atoms with van der Waals surface area (Å²) in [5.41, 5.74) is 2.56. The van der Waals surface area contributed by atoms with Gasteiger partial charge in [-0.1, -0.05) is 53.0 Å². The number of hydrogen-bond donors (Lipinski definition) is 1. The molecule has 1 amide bonds. The van der Waals surface area contributed by atoms with Crippen molar-refractivity contribution in [3.05, 3.63) is 35.4 Å². The largest absolute Gasteiger partial charge is 0.356 e. The predicted molar refractivity (Wildman–Crippen MR) is 91.8 cm³/mol. The Kier molecular flexibility index (Phi) is 6.75. The fraction of sp³-hybridized carbons (Fsp3) is 0.611. The molecule has 21 heavy (non-hydrogen) atoms. The van der Waals surface area contributed by atoms with Crippen molar-refractivity contribution in [3.63, 3.8) is 0 Å². The van der Waals surface area contributed by atoms with Crippen molar-refractivity contribution in [2.45, 2.75) is 45.4 Å². The van der Waals surface area contributed by atoms with Crippen LogP contribution in [0.25, 0.3) is 0 Å². The number of benzene rings is 1. The summed E-state index contributed by atoms with van der Waals surface area (Å²) in [5, 5.41) is 4.21. The number of carbonyl (C=O) groups is 1. The van der Waals surface area contributed by atoms with Gasteiger partial charge in [0.05, 0.1) is 0 Å². The van der Waals surface area contributed by atoms with Crippen LogP contribution in [-0.4, -0.2) is 17.8 Å². The Morgan fingerprint density at radius 3 is 2.67 bits per heavy atom. The second-order valence-corrected chi connectivity index (χ2v) is 6.84. The highest BCUT2D eigenvalue weighted by molar-refractivity contribution is 9.09. The van der Waals surface area contributed by atoms with E-state index in [1.807, 2.05) is 12.1 Å². The fourth-order valence-corrected chi connectivity index (χ4v) is 4.08. The number of alkyl halides is 1. The van der Waals surface area contributed by atoms with E-state index < -0.39 is 0 Å². The van der Waals surface area contributed by atoms with Crippen LogP contribution in [-0.2, 0) is 11.2 Å². The van der Waals surface area contributed by atoms with Gasteiger partial charge in [-0.15, -0.1) is 0 Å². The van der Waals surface area contributed by atoms with Gasteiger partial charge in [0.15, 0.2) is 0 Å². The molecule has 3 heteroatoms. The Hall–Kier alpha value is -0.830. The molecule has 0 saturated heterocycles. The van der Waals surface area contributed by atoms with Gasteiger partial charge < -0.3 is 5.32 Å². The van der Waals surface area contributed by atoms with Gasteiger partial charge in [0, 0.05) is 18.3 Å². The number of nitrogens with one attached hydrogen (secondary N) is 1. The van der Waals surface area contributed by atoms with Crippen LogP contribution in [0.2, 0.25) is 0 Å². The summed E-state index contributed by atoms with van der Waals surface area (Å²) in [5.74, 6) is 1.58. The molecule has 2 nitrogen and oxygen atoms in total. The molecule has 0 heterocycles. The number of aryl methyl sites for hydroxylation is 2. The first kappa shape index (κ1) is 16.5. The molecule has 2 rings (SSSR count). The van der Waals surface area contributed by atoms with Crippen LogP contribution in [0.15, 0.2) is 24.3 Å². The van der Waals surface area contributed by atoms with E-state index in [1.165, 1.54) is 36.8 Å². The van der Waals surface area contributed by atoms with Crippen LogP contribution >= 0.6 is 15.9 Å². The van der Waals surface area contributed by atoms with Gasteiger partial charge in [-0.05, 0) is 49.1 Å². The smallest absolute Gasteiger partial charge is 0.220 e. The van der Waals surface area contributed by atoms with Crippen LogP contribution in [0.1, 0.15) is 43.2 Å². The summed E-state index contributed by atoms with van der Waals surface area (Å²) >= 11 is 3.61. The van der Waals surface area contributed by atoms with Gasteiger partial charge in [-0.25, -0.2) is 0 Å². The Morgan fingerprint density at radius 1 is 1.24 bits per heavy atom. The Morgan fingerprint density at radius 2 is 1.95 bits per heavy atom. The van der Waals surface area contributed by atoms with Crippen LogP contribution in [0.5, 0.6) is 0 Å². The summed E-state index contributed by atoms with van der Waals surface area (Å²) in [4.78, 5) is 12.0. The maximum absolute atomic E-state index is 12.0. The lowest BCUT2D eigenvalue weighted by Gasteiger charge is -2.30. The van der Waals surface area contributed by atoms with Crippen molar-refractivity contribution in [2.24, 2.45) is 11.8 Å². The molecule has 2 atom stereocenters. The van der Waals surface area contributed by atoms with E-state index in [4.69, 9.17) is 0 Å². The van der Waals surface area contributed by atoms with E-state index in [2.05, 4.69) is 40.3 Å². The van der Waals surface area contributed by atoms with E-state index in [-0.39, 0.29) is 5.91 Å². The molecule has 0 bridgehead atoms. The zero-order chi connectivity index (χ0) is 15.1. The summed E-state index contributed by atoms with van der Waals surface area (Å²) < 4.78 is 0.